The number of hydrogen-bond donors (Lipinski definition) is 0. The standard InChI is InChI=1S/C73H50N2/c1-5-19-51(20-6-1)55-21-17-22-56(47-55)54-39-42-62(43-40-54)74(61-28-11-4-12-29-61)63-30-18-23-57(48-63)52-35-37-53(38-36-52)58-41-45-67-66-32-14-16-34-71(66)75(72(67)49-58)64-44-46-70-68(50-64)65-31-13-15-33-69(65)73(70,59-24-7-2-8-25-59)60-26-9-3-10-27-60/h1-50H. The van der Waals surface area contributed by atoms with Gasteiger partial charge in [0.2, 0.25) is 0 Å². The Morgan fingerprint density at radius 1 is 0.253 bits per heavy atom. The normalized spacial score (nSPS) is 12.4. The molecule has 0 unspecified atom stereocenters. The summed E-state index contributed by atoms with van der Waals surface area (Å²) < 4.78 is 2.47. The molecule has 0 aliphatic heterocycles. The first-order valence-electron chi connectivity index (χ1n) is 25.9. The van der Waals surface area contributed by atoms with Crippen molar-refractivity contribution in [3.63, 3.8) is 0 Å². The zero-order valence-corrected chi connectivity index (χ0v) is 41.3. The molecular formula is C73H50N2. The Hall–Kier alpha value is -9.76. The van der Waals surface area contributed by atoms with Crippen LogP contribution in [0.5, 0.6) is 0 Å². The number of para-hydroxylation sites is 2. The summed E-state index contributed by atoms with van der Waals surface area (Å²) in [7, 11) is 0. The van der Waals surface area contributed by atoms with Crippen LogP contribution < -0.4 is 4.90 Å². The van der Waals surface area contributed by atoms with E-state index in [0.717, 1.165) is 33.9 Å². The average Bonchev–Trinajstić information content (AvgIpc) is 4.05. The fourth-order valence-corrected chi connectivity index (χ4v) is 12.0. The van der Waals surface area contributed by atoms with Crippen LogP contribution in [0.4, 0.5) is 17.1 Å². The average molecular weight is 955 g/mol. The first-order chi connectivity index (χ1) is 37.2. The lowest BCUT2D eigenvalue weighted by molar-refractivity contribution is 0.768. The van der Waals surface area contributed by atoms with E-state index in [-0.39, 0.29) is 0 Å². The minimum absolute atomic E-state index is 0.445. The van der Waals surface area contributed by atoms with Crippen LogP contribution in [0.2, 0.25) is 0 Å². The molecule has 1 aliphatic carbocycles. The number of aromatic nitrogens is 1. The molecule has 352 valence electrons. The molecule has 2 nitrogen and oxygen atoms in total. The molecule has 0 radical (unpaired) electrons. The third-order valence-corrected chi connectivity index (χ3v) is 15.5. The predicted molar refractivity (Wildman–Crippen MR) is 315 cm³/mol. The molecule has 0 spiro atoms. The summed E-state index contributed by atoms with van der Waals surface area (Å²) in [5, 5.41) is 2.48. The Bertz CT molecular complexity index is 4160. The van der Waals surface area contributed by atoms with E-state index in [9.17, 15) is 0 Å². The van der Waals surface area contributed by atoms with Crippen molar-refractivity contribution >= 4 is 38.9 Å². The molecule has 0 atom stereocenters. The van der Waals surface area contributed by atoms with Gasteiger partial charge in [-0.2, -0.15) is 0 Å². The number of anilines is 3. The Kier molecular flexibility index (Phi) is 10.8. The Morgan fingerprint density at radius 3 is 1.39 bits per heavy atom. The zero-order valence-electron chi connectivity index (χ0n) is 41.3. The van der Waals surface area contributed by atoms with Gasteiger partial charge in [0, 0.05) is 33.5 Å². The zero-order chi connectivity index (χ0) is 49.7. The van der Waals surface area contributed by atoms with Crippen LogP contribution in [0.1, 0.15) is 22.3 Å². The summed E-state index contributed by atoms with van der Waals surface area (Å²) in [6.07, 6.45) is 0. The van der Waals surface area contributed by atoms with Crippen LogP contribution in [0.25, 0.3) is 83.1 Å². The van der Waals surface area contributed by atoms with Crippen molar-refractivity contribution in [2.24, 2.45) is 0 Å². The molecule has 1 heterocycles. The van der Waals surface area contributed by atoms with Gasteiger partial charge in [0.05, 0.1) is 16.4 Å². The minimum atomic E-state index is -0.445. The number of nitrogens with zero attached hydrogens (tertiary/aromatic N) is 2. The van der Waals surface area contributed by atoms with Gasteiger partial charge in [0.1, 0.15) is 0 Å². The summed E-state index contributed by atoms with van der Waals surface area (Å²) in [5.41, 5.74) is 23.6. The quantitative estimate of drug-likeness (QED) is 0.133. The largest absolute Gasteiger partial charge is 0.310 e. The van der Waals surface area contributed by atoms with Gasteiger partial charge in [-0.05, 0) is 145 Å². The van der Waals surface area contributed by atoms with Crippen LogP contribution >= 0.6 is 0 Å². The van der Waals surface area contributed by atoms with Crippen LogP contribution in [-0.4, -0.2) is 4.57 Å². The topological polar surface area (TPSA) is 8.17 Å². The maximum Gasteiger partial charge on any atom is 0.0713 e. The van der Waals surface area contributed by atoms with Crippen LogP contribution in [-0.2, 0) is 5.41 Å². The number of rotatable bonds is 10. The highest BCUT2D eigenvalue weighted by molar-refractivity contribution is 6.10. The fourth-order valence-electron chi connectivity index (χ4n) is 12.0. The molecule has 0 amide bonds. The third kappa shape index (κ3) is 7.49. The van der Waals surface area contributed by atoms with Crippen molar-refractivity contribution in [1.82, 2.24) is 4.57 Å². The third-order valence-electron chi connectivity index (χ3n) is 15.5. The van der Waals surface area contributed by atoms with Crippen LogP contribution in [0.15, 0.2) is 303 Å². The highest BCUT2D eigenvalue weighted by atomic mass is 15.1. The molecule has 1 aliphatic rings. The highest BCUT2D eigenvalue weighted by Crippen LogP contribution is 2.56. The maximum absolute atomic E-state index is 2.47. The second-order valence-electron chi connectivity index (χ2n) is 19.6. The van der Waals surface area contributed by atoms with Crippen molar-refractivity contribution in [2.75, 3.05) is 4.90 Å². The van der Waals surface area contributed by atoms with E-state index in [4.69, 9.17) is 0 Å². The molecule has 1 aromatic heterocycles. The van der Waals surface area contributed by atoms with Crippen molar-refractivity contribution in [1.29, 1.82) is 0 Å². The van der Waals surface area contributed by atoms with Gasteiger partial charge in [-0.15, -0.1) is 0 Å². The van der Waals surface area contributed by atoms with Gasteiger partial charge in [-0.1, -0.05) is 237 Å². The van der Waals surface area contributed by atoms with Gasteiger partial charge in [-0.25, -0.2) is 0 Å². The molecule has 14 rings (SSSR count). The SMILES string of the molecule is c1ccc(-c2cccc(-c3ccc(N(c4ccccc4)c4cccc(-c5ccc(-c6ccc7c8ccccc8n(-c8ccc9c(c8)-c8ccccc8C9(c8ccccc8)c8ccccc8)c7c6)cc5)c4)cc3)c2)cc1. The van der Waals surface area contributed by atoms with E-state index < -0.39 is 5.41 Å². The lowest BCUT2D eigenvalue weighted by Gasteiger charge is -2.33. The Labute approximate surface area is 438 Å². The molecule has 0 fully saturated rings. The summed E-state index contributed by atoms with van der Waals surface area (Å²) in [6.45, 7) is 0. The number of fused-ring (bicyclic) bond motifs is 6. The van der Waals surface area contributed by atoms with Gasteiger partial charge < -0.3 is 9.47 Å². The summed E-state index contributed by atoms with van der Waals surface area (Å²) in [5.74, 6) is 0. The molecule has 0 saturated heterocycles. The number of benzene rings is 12. The minimum Gasteiger partial charge on any atom is -0.310 e. The molecule has 75 heavy (non-hydrogen) atoms. The lowest BCUT2D eigenvalue weighted by atomic mass is 9.68. The van der Waals surface area contributed by atoms with Crippen molar-refractivity contribution in [3.05, 3.63) is 326 Å². The number of hydrogen-bond acceptors (Lipinski definition) is 1. The highest BCUT2D eigenvalue weighted by Gasteiger charge is 2.46. The van der Waals surface area contributed by atoms with Crippen molar-refractivity contribution < 1.29 is 0 Å². The van der Waals surface area contributed by atoms with Crippen molar-refractivity contribution in [3.8, 4) is 61.3 Å². The smallest absolute Gasteiger partial charge is 0.0713 e. The van der Waals surface area contributed by atoms with Gasteiger partial charge in [-0.3, -0.25) is 0 Å². The van der Waals surface area contributed by atoms with Crippen molar-refractivity contribution in [2.45, 2.75) is 5.41 Å². The molecule has 0 saturated carbocycles. The molecule has 13 aromatic rings. The lowest BCUT2D eigenvalue weighted by Crippen LogP contribution is -2.28. The van der Waals surface area contributed by atoms with Gasteiger partial charge in [0.15, 0.2) is 0 Å². The molecule has 12 aromatic carbocycles. The monoisotopic (exact) mass is 954 g/mol. The van der Waals surface area contributed by atoms with E-state index in [0.29, 0.717) is 0 Å². The Morgan fingerprint density at radius 2 is 0.707 bits per heavy atom. The van der Waals surface area contributed by atoms with E-state index >= 15 is 0 Å². The fraction of sp³-hybridized carbons (Fsp3) is 0.0137. The molecular weight excluding hydrogens is 905 g/mol. The molecule has 2 heteroatoms. The van der Waals surface area contributed by atoms with Crippen LogP contribution in [0.3, 0.4) is 0 Å². The second kappa shape index (κ2) is 18.4. The summed E-state index contributed by atoms with van der Waals surface area (Å²) >= 11 is 0. The maximum atomic E-state index is 2.47. The van der Waals surface area contributed by atoms with Gasteiger partial charge in [0.25, 0.3) is 0 Å². The van der Waals surface area contributed by atoms with Gasteiger partial charge >= 0.3 is 0 Å². The first-order valence-corrected chi connectivity index (χ1v) is 25.9. The second-order valence-corrected chi connectivity index (χ2v) is 19.6. The van der Waals surface area contributed by atoms with E-state index in [1.54, 1.807) is 0 Å². The first kappa shape index (κ1) is 44.0. The summed E-state index contributed by atoms with van der Waals surface area (Å²) in [4.78, 5) is 2.35. The molecule has 0 bridgehead atoms. The van der Waals surface area contributed by atoms with E-state index in [1.165, 1.54) is 88.6 Å². The predicted octanol–water partition coefficient (Wildman–Crippen LogP) is 19.3. The Balaban J connectivity index is 0.811. The van der Waals surface area contributed by atoms with E-state index in [2.05, 4.69) is 313 Å². The van der Waals surface area contributed by atoms with Crippen LogP contribution in [0, 0.1) is 0 Å². The summed E-state index contributed by atoms with van der Waals surface area (Å²) in [6, 6.07) is 111. The molecule has 0 N–H and O–H groups in total. The van der Waals surface area contributed by atoms with E-state index in [1.807, 2.05) is 0 Å².